The van der Waals surface area contributed by atoms with Gasteiger partial charge in [0.05, 0.1) is 0 Å². The van der Waals surface area contributed by atoms with Crippen molar-refractivity contribution in [3.8, 4) is 11.8 Å². The first-order valence-electron chi connectivity index (χ1n) is 8.08. The van der Waals surface area contributed by atoms with Crippen molar-refractivity contribution in [3.05, 3.63) is 101 Å². The number of nitrogens with one attached hydrogen (secondary N) is 1. The lowest BCUT2D eigenvalue weighted by Gasteiger charge is -2.03. The van der Waals surface area contributed by atoms with E-state index in [1.165, 1.54) is 6.07 Å². The molecule has 0 bridgehead atoms. The average Bonchev–Trinajstić information content (AvgIpc) is 2.67. The number of pyridine rings is 1. The molecule has 5 heteroatoms. The number of benzene rings is 2. The molecule has 132 valence electrons. The molecule has 1 N–H and O–H groups in total. The van der Waals surface area contributed by atoms with Gasteiger partial charge in [-0.25, -0.2) is 13.8 Å². The third kappa shape index (κ3) is 5.10. The molecule has 0 saturated heterocycles. The van der Waals surface area contributed by atoms with Gasteiger partial charge in [0.25, 0.3) is 0 Å². The molecule has 3 rings (SSSR count). The fourth-order valence-corrected chi connectivity index (χ4v) is 2.26. The Bertz CT molecular complexity index is 1030. The maximum Gasteiger partial charge on any atom is 0.248 e. The second-order valence-corrected chi connectivity index (χ2v) is 5.50. The second kappa shape index (κ2) is 8.54. The van der Waals surface area contributed by atoms with E-state index in [1.807, 2.05) is 12.1 Å². The summed E-state index contributed by atoms with van der Waals surface area (Å²) in [6, 6.07) is 15.9. The molecule has 3 nitrogen and oxygen atoms in total. The van der Waals surface area contributed by atoms with Crippen LogP contribution in [0.3, 0.4) is 0 Å². The Morgan fingerprint density at radius 2 is 1.74 bits per heavy atom. The highest BCUT2D eigenvalue weighted by atomic mass is 19.1. The van der Waals surface area contributed by atoms with E-state index in [1.54, 1.807) is 36.5 Å². The van der Waals surface area contributed by atoms with Crippen LogP contribution in [0.5, 0.6) is 0 Å². The van der Waals surface area contributed by atoms with E-state index in [0.29, 0.717) is 16.9 Å². The highest BCUT2D eigenvalue weighted by Gasteiger charge is 2.05. The number of nitrogens with zero attached hydrogens (tertiary/aromatic N) is 1. The molecule has 0 aliphatic heterocycles. The van der Waals surface area contributed by atoms with Crippen molar-refractivity contribution in [2.45, 2.75) is 0 Å². The SMILES string of the molecule is O=C(C=Cc1c(F)cccc1F)Nc1cccc(C#Cc2ccccn2)c1. The quantitative estimate of drug-likeness (QED) is 0.555. The number of rotatable bonds is 3. The zero-order chi connectivity index (χ0) is 19.1. The summed E-state index contributed by atoms with van der Waals surface area (Å²) in [6.45, 7) is 0. The number of anilines is 1. The van der Waals surface area contributed by atoms with Gasteiger partial charge < -0.3 is 5.32 Å². The molecule has 0 radical (unpaired) electrons. The number of amides is 1. The van der Waals surface area contributed by atoms with E-state index in [9.17, 15) is 13.6 Å². The van der Waals surface area contributed by atoms with Crippen LogP contribution >= 0.6 is 0 Å². The molecule has 1 aromatic heterocycles. The summed E-state index contributed by atoms with van der Waals surface area (Å²) < 4.78 is 27.1. The van der Waals surface area contributed by atoms with E-state index < -0.39 is 17.5 Å². The Morgan fingerprint density at radius 1 is 0.963 bits per heavy atom. The minimum Gasteiger partial charge on any atom is -0.322 e. The molecule has 0 aliphatic rings. The topological polar surface area (TPSA) is 42.0 Å². The van der Waals surface area contributed by atoms with Crippen LogP contribution in [0, 0.1) is 23.5 Å². The monoisotopic (exact) mass is 360 g/mol. The molecule has 0 atom stereocenters. The maximum atomic E-state index is 13.6. The van der Waals surface area contributed by atoms with Crippen LogP contribution < -0.4 is 5.32 Å². The van der Waals surface area contributed by atoms with E-state index in [-0.39, 0.29) is 5.56 Å². The summed E-state index contributed by atoms with van der Waals surface area (Å²) in [5.74, 6) is 3.93. The number of hydrogen-bond acceptors (Lipinski definition) is 2. The third-order valence-electron chi connectivity index (χ3n) is 3.53. The van der Waals surface area contributed by atoms with Crippen LogP contribution in [0.25, 0.3) is 6.08 Å². The zero-order valence-corrected chi connectivity index (χ0v) is 14.1. The lowest BCUT2D eigenvalue weighted by molar-refractivity contribution is -0.111. The molecular weight excluding hydrogens is 346 g/mol. The van der Waals surface area contributed by atoms with Gasteiger partial charge in [0, 0.05) is 29.1 Å². The van der Waals surface area contributed by atoms with Crippen molar-refractivity contribution in [2.75, 3.05) is 5.32 Å². The van der Waals surface area contributed by atoms with Crippen molar-refractivity contribution < 1.29 is 13.6 Å². The van der Waals surface area contributed by atoms with Crippen LogP contribution in [-0.2, 0) is 4.79 Å². The predicted octanol–water partition coefficient (Wildman–Crippen LogP) is 4.41. The first kappa shape index (κ1) is 18.0. The molecule has 1 amide bonds. The maximum absolute atomic E-state index is 13.6. The number of hydrogen-bond donors (Lipinski definition) is 1. The van der Waals surface area contributed by atoms with Crippen molar-refractivity contribution in [3.63, 3.8) is 0 Å². The van der Waals surface area contributed by atoms with Crippen molar-refractivity contribution >= 4 is 17.7 Å². The van der Waals surface area contributed by atoms with Crippen LogP contribution in [-0.4, -0.2) is 10.9 Å². The zero-order valence-electron chi connectivity index (χ0n) is 14.1. The smallest absolute Gasteiger partial charge is 0.248 e. The Labute approximate surface area is 155 Å². The highest BCUT2D eigenvalue weighted by Crippen LogP contribution is 2.14. The van der Waals surface area contributed by atoms with Gasteiger partial charge in [0.1, 0.15) is 17.3 Å². The molecule has 0 spiro atoms. The van der Waals surface area contributed by atoms with Crippen molar-refractivity contribution in [2.24, 2.45) is 0 Å². The number of halogens is 2. The second-order valence-electron chi connectivity index (χ2n) is 5.50. The third-order valence-corrected chi connectivity index (χ3v) is 3.53. The molecule has 0 aliphatic carbocycles. The lowest BCUT2D eigenvalue weighted by Crippen LogP contribution is -2.07. The van der Waals surface area contributed by atoms with E-state index in [4.69, 9.17) is 0 Å². The first-order valence-corrected chi connectivity index (χ1v) is 8.08. The van der Waals surface area contributed by atoms with E-state index in [2.05, 4.69) is 22.1 Å². The van der Waals surface area contributed by atoms with Gasteiger partial charge in [-0.1, -0.05) is 24.1 Å². The standard InChI is InChI=1S/C22H14F2N2O/c23-20-8-4-9-21(24)19(20)12-13-22(27)26-18-7-3-5-16(15-18)10-11-17-6-1-2-14-25-17/h1-9,12-15H,(H,26,27). The predicted molar refractivity (Wildman–Crippen MR) is 101 cm³/mol. The van der Waals surface area contributed by atoms with Gasteiger partial charge in [0.2, 0.25) is 5.91 Å². The average molecular weight is 360 g/mol. The van der Waals surface area contributed by atoms with E-state index >= 15 is 0 Å². The molecular formula is C22H14F2N2O. The summed E-state index contributed by atoms with van der Waals surface area (Å²) in [5, 5.41) is 2.64. The Kier molecular flexibility index (Phi) is 5.70. The number of aromatic nitrogens is 1. The largest absolute Gasteiger partial charge is 0.322 e. The summed E-state index contributed by atoms with van der Waals surface area (Å²) in [7, 11) is 0. The fraction of sp³-hybridized carbons (Fsp3) is 0. The fourth-order valence-electron chi connectivity index (χ4n) is 2.26. The van der Waals surface area contributed by atoms with Gasteiger partial charge in [0.15, 0.2) is 0 Å². The van der Waals surface area contributed by atoms with Gasteiger partial charge in [-0.2, -0.15) is 0 Å². The first-order chi connectivity index (χ1) is 13.1. The lowest BCUT2D eigenvalue weighted by atomic mass is 10.1. The van der Waals surface area contributed by atoms with Crippen molar-refractivity contribution in [1.29, 1.82) is 0 Å². The van der Waals surface area contributed by atoms with Crippen LogP contribution in [0.2, 0.25) is 0 Å². The summed E-state index contributed by atoms with van der Waals surface area (Å²) >= 11 is 0. The van der Waals surface area contributed by atoms with Gasteiger partial charge >= 0.3 is 0 Å². The molecule has 0 saturated carbocycles. The molecule has 2 aromatic carbocycles. The van der Waals surface area contributed by atoms with E-state index in [0.717, 1.165) is 24.3 Å². The number of carbonyl (C=O) groups excluding carboxylic acids is 1. The van der Waals surface area contributed by atoms with Crippen LogP contribution in [0.1, 0.15) is 16.8 Å². The van der Waals surface area contributed by atoms with Gasteiger partial charge in [-0.05, 0) is 54.5 Å². The summed E-state index contributed by atoms with van der Waals surface area (Å²) in [4.78, 5) is 16.1. The molecule has 1 heterocycles. The Hall–Kier alpha value is -3.78. The molecule has 0 unspecified atom stereocenters. The Balaban J connectivity index is 1.70. The van der Waals surface area contributed by atoms with Crippen LogP contribution in [0.15, 0.2) is 72.9 Å². The molecule has 27 heavy (non-hydrogen) atoms. The molecule has 0 fully saturated rings. The molecule has 3 aromatic rings. The summed E-state index contributed by atoms with van der Waals surface area (Å²) in [6.07, 6.45) is 3.84. The van der Waals surface area contributed by atoms with Crippen molar-refractivity contribution in [1.82, 2.24) is 4.98 Å². The van der Waals surface area contributed by atoms with Gasteiger partial charge in [-0.15, -0.1) is 0 Å². The Morgan fingerprint density at radius 3 is 2.48 bits per heavy atom. The van der Waals surface area contributed by atoms with Gasteiger partial charge in [-0.3, -0.25) is 4.79 Å². The normalized spacial score (nSPS) is 10.3. The minimum absolute atomic E-state index is 0.261. The minimum atomic E-state index is -0.731. The highest BCUT2D eigenvalue weighted by molar-refractivity contribution is 6.02. The van der Waals surface area contributed by atoms with Crippen LogP contribution in [0.4, 0.5) is 14.5 Å². The number of carbonyl (C=O) groups is 1. The summed E-state index contributed by atoms with van der Waals surface area (Å²) in [5.41, 5.74) is 1.60.